The molecule has 1 aliphatic carbocycles. The molecule has 2 N–H and O–H groups in total. The summed E-state index contributed by atoms with van der Waals surface area (Å²) in [4.78, 5) is 10.5. The van der Waals surface area contributed by atoms with Gasteiger partial charge in [0.05, 0.1) is 5.69 Å². The molecule has 1 saturated heterocycles. The number of nitrogens with two attached hydrogens (primary N) is 1. The molecule has 0 aromatic carbocycles. The normalized spacial score (nSPS) is 30.3. The SMILES string of the molecule is Nc1nccc(CN2CC3CC3C2)n1. The number of rotatable bonds is 2. The van der Waals surface area contributed by atoms with Crippen LogP contribution in [-0.4, -0.2) is 28.0 Å². The third kappa shape index (κ3) is 1.46. The molecule has 2 heterocycles. The van der Waals surface area contributed by atoms with Gasteiger partial charge in [0.1, 0.15) is 0 Å². The van der Waals surface area contributed by atoms with Crippen molar-refractivity contribution < 1.29 is 0 Å². The van der Waals surface area contributed by atoms with Crippen molar-refractivity contribution in [3.8, 4) is 0 Å². The number of nitrogens with zero attached hydrogens (tertiary/aromatic N) is 3. The number of anilines is 1. The Kier molecular flexibility index (Phi) is 1.70. The summed E-state index contributed by atoms with van der Waals surface area (Å²) in [5.41, 5.74) is 6.57. The van der Waals surface area contributed by atoms with E-state index in [1.54, 1.807) is 6.20 Å². The molecular formula is C10H14N4. The second-order valence-corrected chi connectivity index (χ2v) is 4.36. The summed E-state index contributed by atoms with van der Waals surface area (Å²) in [5.74, 6) is 2.34. The van der Waals surface area contributed by atoms with Crippen LogP contribution in [0.3, 0.4) is 0 Å². The van der Waals surface area contributed by atoms with Crippen molar-refractivity contribution in [3.63, 3.8) is 0 Å². The molecule has 2 atom stereocenters. The lowest BCUT2D eigenvalue weighted by Crippen LogP contribution is -2.22. The summed E-state index contributed by atoms with van der Waals surface area (Å²) in [5, 5.41) is 0. The van der Waals surface area contributed by atoms with Crippen LogP contribution in [-0.2, 0) is 6.54 Å². The zero-order valence-corrected chi connectivity index (χ0v) is 8.06. The van der Waals surface area contributed by atoms with E-state index in [0.29, 0.717) is 5.95 Å². The third-order valence-corrected chi connectivity index (χ3v) is 3.17. The minimum Gasteiger partial charge on any atom is -0.368 e. The van der Waals surface area contributed by atoms with E-state index in [1.807, 2.05) is 6.07 Å². The van der Waals surface area contributed by atoms with Gasteiger partial charge in [0, 0.05) is 25.8 Å². The number of hydrogen-bond acceptors (Lipinski definition) is 4. The molecule has 14 heavy (non-hydrogen) atoms. The molecule has 1 aromatic heterocycles. The molecule has 2 unspecified atom stereocenters. The van der Waals surface area contributed by atoms with E-state index in [2.05, 4.69) is 14.9 Å². The topological polar surface area (TPSA) is 55.0 Å². The van der Waals surface area contributed by atoms with Gasteiger partial charge in [-0.25, -0.2) is 9.97 Å². The van der Waals surface area contributed by atoms with Crippen LogP contribution in [0.25, 0.3) is 0 Å². The molecule has 2 aliphatic rings. The summed E-state index contributed by atoms with van der Waals surface area (Å²) in [6, 6.07) is 1.94. The zero-order chi connectivity index (χ0) is 9.54. The van der Waals surface area contributed by atoms with Crippen molar-refractivity contribution in [1.82, 2.24) is 14.9 Å². The minimum absolute atomic E-state index is 0.381. The van der Waals surface area contributed by atoms with Crippen LogP contribution >= 0.6 is 0 Å². The van der Waals surface area contributed by atoms with E-state index >= 15 is 0 Å². The van der Waals surface area contributed by atoms with E-state index in [9.17, 15) is 0 Å². The lowest BCUT2D eigenvalue weighted by molar-refractivity contribution is 0.293. The molecule has 1 aliphatic heterocycles. The van der Waals surface area contributed by atoms with Crippen LogP contribution in [0.15, 0.2) is 12.3 Å². The van der Waals surface area contributed by atoms with Crippen molar-refractivity contribution in [2.75, 3.05) is 18.8 Å². The fourth-order valence-electron chi connectivity index (χ4n) is 2.35. The lowest BCUT2D eigenvalue weighted by atomic mass is 10.3. The second-order valence-electron chi connectivity index (χ2n) is 4.36. The Morgan fingerprint density at radius 1 is 1.43 bits per heavy atom. The maximum atomic E-state index is 5.53. The Labute approximate surface area is 83.1 Å². The quantitative estimate of drug-likeness (QED) is 0.738. The van der Waals surface area contributed by atoms with Crippen molar-refractivity contribution in [1.29, 1.82) is 0 Å². The predicted molar refractivity (Wildman–Crippen MR) is 53.3 cm³/mol. The summed E-state index contributed by atoms with van der Waals surface area (Å²) in [7, 11) is 0. The van der Waals surface area contributed by atoms with Crippen molar-refractivity contribution in [3.05, 3.63) is 18.0 Å². The van der Waals surface area contributed by atoms with Gasteiger partial charge in [-0.3, -0.25) is 4.90 Å². The van der Waals surface area contributed by atoms with Crippen molar-refractivity contribution >= 4 is 5.95 Å². The van der Waals surface area contributed by atoms with Crippen molar-refractivity contribution in [2.45, 2.75) is 13.0 Å². The summed E-state index contributed by atoms with van der Waals surface area (Å²) in [6.07, 6.45) is 3.18. The molecule has 2 fully saturated rings. The fourth-order valence-corrected chi connectivity index (χ4v) is 2.35. The first-order valence-electron chi connectivity index (χ1n) is 5.11. The predicted octanol–water partition coefficient (Wildman–Crippen LogP) is 0.510. The van der Waals surface area contributed by atoms with Gasteiger partial charge in [-0.2, -0.15) is 0 Å². The molecule has 0 spiro atoms. The Hall–Kier alpha value is -1.16. The first-order valence-corrected chi connectivity index (χ1v) is 5.11. The van der Waals surface area contributed by atoms with Gasteiger partial charge < -0.3 is 5.73 Å². The molecular weight excluding hydrogens is 176 g/mol. The van der Waals surface area contributed by atoms with Gasteiger partial charge >= 0.3 is 0 Å². The van der Waals surface area contributed by atoms with Gasteiger partial charge in [0.25, 0.3) is 0 Å². The Morgan fingerprint density at radius 3 is 2.93 bits per heavy atom. The average Bonchev–Trinajstić information content (AvgIpc) is 2.74. The number of hydrogen-bond donors (Lipinski definition) is 1. The third-order valence-electron chi connectivity index (χ3n) is 3.17. The first-order chi connectivity index (χ1) is 6.81. The Morgan fingerprint density at radius 2 is 2.21 bits per heavy atom. The maximum absolute atomic E-state index is 5.53. The van der Waals surface area contributed by atoms with Crippen LogP contribution in [0.1, 0.15) is 12.1 Å². The molecule has 1 saturated carbocycles. The van der Waals surface area contributed by atoms with E-state index in [-0.39, 0.29) is 0 Å². The second kappa shape index (κ2) is 2.92. The highest BCUT2D eigenvalue weighted by molar-refractivity contribution is 5.17. The average molecular weight is 190 g/mol. The zero-order valence-electron chi connectivity index (χ0n) is 8.06. The van der Waals surface area contributed by atoms with Gasteiger partial charge in [-0.15, -0.1) is 0 Å². The monoisotopic (exact) mass is 190 g/mol. The number of piperidine rings is 1. The number of nitrogen functional groups attached to an aromatic ring is 1. The Bertz CT molecular complexity index is 342. The molecule has 1 aromatic rings. The molecule has 0 amide bonds. The number of fused-ring (bicyclic) bond motifs is 1. The van der Waals surface area contributed by atoms with Crippen LogP contribution in [0.5, 0.6) is 0 Å². The summed E-state index contributed by atoms with van der Waals surface area (Å²) < 4.78 is 0. The van der Waals surface area contributed by atoms with Gasteiger partial charge in [0.15, 0.2) is 0 Å². The highest BCUT2D eigenvalue weighted by atomic mass is 15.2. The summed E-state index contributed by atoms with van der Waals surface area (Å²) >= 11 is 0. The molecule has 4 nitrogen and oxygen atoms in total. The van der Waals surface area contributed by atoms with E-state index < -0.39 is 0 Å². The molecule has 0 radical (unpaired) electrons. The van der Waals surface area contributed by atoms with E-state index in [4.69, 9.17) is 5.73 Å². The molecule has 0 bridgehead atoms. The minimum atomic E-state index is 0.381. The van der Waals surface area contributed by atoms with Gasteiger partial charge in [0.2, 0.25) is 5.95 Å². The van der Waals surface area contributed by atoms with Crippen LogP contribution in [0, 0.1) is 11.8 Å². The van der Waals surface area contributed by atoms with Crippen LogP contribution in [0.4, 0.5) is 5.95 Å². The van der Waals surface area contributed by atoms with Gasteiger partial charge in [-0.1, -0.05) is 0 Å². The maximum Gasteiger partial charge on any atom is 0.220 e. The Balaban J connectivity index is 1.66. The highest BCUT2D eigenvalue weighted by Crippen LogP contribution is 2.45. The molecule has 4 heteroatoms. The van der Waals surface area contributed by atoms with Crippen LogP contribution < -0.4 is 5.73 Å². The number of likely N-dealkylation sites (tertiary alicyclic amines) is 1. The number of aromatic nitrogens is 2. The smallest absolute Gasteiger partial charge is 0.220 e. The lowest BCUT2D eigenvalue weighted by Gasteiger charge is -2.16. The fraction of sp³-hybridized carbons (Fsp3) is 0.600. The highest BCUT2D eigenvalue weighted by Gasteiger charge is 2.44. The van der Waals surface area contributed by atoms with E-state index in [1.165, 1.54) is 19.5 Å². The standard InChI is InChI=1S/C10H14N4/c11-10-12-2-1-9(13-10)6-14-4-7-3-8(7)5-14/h1-2,7-8H,3-6H2,(H2,11,12,13). The van der Waals surface area contributed by atoms with E-state index in [0.717, 1.165) is 24.1 Å². The first kappa shape index (κ1) is 8.17. The van der Waals surface area contributed by atoms with Gasteiger partial charge in [-0.05, 0) is 24.3 Å². The molecule has 74 valence electrons. The molecule has 3 rings (SSSR count). The van der Waals surface area contributed by atoms with Crippen molar-refractivity contribution in [2.24, 2.45) is 11.8 Å². The largest absolute Gasteiger partial charge is 0.368 e. The van der Waals surface area contributed by atoms with Crippen LogP contribution in [0.2, 0.25) is 0 Å². The summed E-state index contributed by atoms with van der Waals surface area (Å²) in [6.45, 7) is 3.42.